The molecule has 0 amide bonds. The molecule has 1 saturated heterocycles. The van der Waals surface area contributed by atoms with E-state index < -0.39 is 16.0 Å². The van der Waals surface area contributed by atoms with Crippen LogP contribution in [0.4, 0.5) is 0 Å². The van der Waals surface area contributed by atoms with Crippen molar-refractivity contribution in [1.82, 2.24) is 4.31 Å². The van der Waals surface area contributed by atoms with Crippen LogP contribution in [0.3, 0.4) is 0 Å². The number of thiophene rings is 1. The van der Waals surface area contributed by atoms with E-state index in [-0.39, 0.29) is 21.1 Å². The van der Waals surface area contributed by atoms with Gasteiger partial charge in [-0.05, 0) is 12.1 Å². The molecular formula is C12H17NO4S3. The Kier molecular flexibility index (Phi) is 4.78. The Balaban J connectivity index is 2.21. The van der Waals surface area contributed by atoms with Gasteiger partial charge in [0.1, 0.15) is 4.21 Å². The third-order valence-corrected chi connectivity index (χ3v) is 7.55. The summed E-state index contributed by atoms with van der Waals surface area (Å²) in [5, 5.41) is 9.28. The highest BCUT2D eigenvalue weighted by atomic mass is 32.2. The molecule has 112 valence electrons. The third-order valence-electron chi connectivity index (χ3n) is 2.94. The second kappa shape index (κ2) is 6.05. The predicted octanol–water partition coefficient (Wildman–Crippen LogP) is 1.89. The Labute approximate surface area is 127 Å². The molecule has 2 rings (SSSR count). The van der Waals surface area contributed by atoms with E-state index in [9.17, 15) is 13.2 Å². The molecule has 0 aliphatic carbocycles. The number of hydrogen-bond donors (Lipinski definition) is 1. The minimum absolute atomic E-state index is 0.136. The highest BCUT2D eigenvalue weighted by Gasteiger charge is 2.32. The van der Waals surface area contributed by atoms with E-state index in [0.29, 0.717) is 18.0 Å². The molecule has 1 aliphatic rings. The van der Waals surface area contributed by atoms with Crippen LogP contribution in [0.1, 0.15) is 18.7 Å². The highest BCUT2D eigenvalue weighted by molar-refractivity contribution is 8.00. The zero-order valence-electron chi connectivity index (χ0n) is 11.3. The van der Waals surface area contributed by atoms with E-state index in [2.05, 4.69) is 0 Å². The molecule has 2 heterocycles. The summed E-state index contributed by atoms with van der Waals surface area (Å²) in [5.41, 5.74) is 0. The van der Waals surface area contributed by atoms with Crippen molar-refractivity contribution in [3.05, 3.63) is 17.0 Å². The molecule has 2 unspecified atom stereocenters. The number of nitrogens with zero attached hydrogens (tertiary/aromatic N) is 1. The van der Waals surface area contributed by atoms with Gasteiger partial charge in [0.05, 0.1) is 6.42 Å². The molecule has 0 radical (unpaired) electrons. The molecule has 1 N–H and O–H groups in total. The Morgan fingerprint density at radius 3 is 2.50 bits per heavy atom. The molecule has 0 saturated carbocycles. The van der Waals surface area contributed by atoms with E-state index in [4.69, 9.17) is 5.11 Å². The number of hydrogen-bond acceptors (Lipinski definition) is 5. The van der Waals surface area contributed by atoms with Crippen molar-refractivity contribution >= 4 is 39.1 Å². The number of carbonyl (C=O) groups is 1. The van der Waals surface area contributed by atoms with Gasteiger partial charge in [-0.2, -0.15) is 16.1 Å². The van der Waals surface area contributed by atoms with Gasteiger partial charge in [-0.1, -0.05) is 13.8 Å². The summed E-state index contributed by atoms with van der Waals surface area (Å²) in [6, 6.07) is 3.09. The smallest absolute Gasteiger partial charge is 0.308 e. The third kappa shape index (κ3) is 3.55. The van der Waals surface area contributed by atoms with Crippen LogP contribution in [0, 0.1) is 0 Å². The van der Waals surface area contributed by atoms with Gasteiger partial charge in [0, 0.05) is 28.5 Å². The monoisotopic (exact) mass is 335 g/mol. The lowest BCUT2D eigenvalue weighted by atomic mass is 10.3. The van der Waals surface area contributed by atoms with Crippen molar-refractivity contribution in [2.24, 2.45) is 0 Å². The SMILES string of the molecule is CC1CN(S(=O)(=O)c2ccc(CC(=O)O)s2)CC(C)S1. The Morgan fingerprint density at radius 2 is 1.95 bits per heavy atom. The summed E-state index contributed by atoms with van der Waals surface area (Å²) in [6.45, 7) is 5.05. The molecular weight excluding hydrogens is 318 g/mol. The van der Waals surface area contributed by atoms with E-state index in [1.54, 1.807) is 17.8 Å². The van der Waals surface area contributed by atoms with E-state index in [1.807, 2.05) is 13.8 Å². The summed E-state index contributed by atoms with van der Waals surface area (Å²) < 4.78 is 26.9. The fourth-order valence-corrected chi connectivity index (χ4v) is 6.83. The largest absolute Gasteiger partial charge is 0.481 e. The van der Waals surface area contributed by atoms with Crippen molar-refractivity contribution in [3.63, 3.8) is 0 Å². The van der Waals surface area contributed by atoms with Crippen LogP contribution in [0.15, 0.2) is 16.3 Å². The molecule has 0 aromatic carbocycles. The number of rotatable bonds is 4. The average molecular weight is 335 g/mol. The van der Waals surface area contributed by atoms with Gasteiger partial charge >= 0.3 is 5.97 Å². The second-order valence-electron chi connectivity index (χ2n) is 4.87. The molecule has 1 aromatic rings. The lowest BCUT2D eigenvalue weighted by molar-refractivity contribution is -0.136. The van der Waals surface area contributed by atoms with Gasteiger partial charge in [0.15, 0.2) is 0 Å². The van der Waals surface area contributed by atoms with Crippen molar-refractivity contribution in [2.75, 3.05) is 13.1 Å². The van der Waals surface area contributed by atoms with Crippen LogP contribution in [0.25, 0.3) is 0 Å². The number of aliphatic carboxylic acids is 1. The minimum atomic E-state index is -3.50. The molecule has 0 spiro atoms. The van der Waals surface area contributed by atoms with Gasteiger partial charge in [0.25, 0.3) is 10.0 Å². The topological polar surface area (TPSA) is 74.7 Å². The zero-order chi connectivity index (χ0) is 14.9. The van der Waals surface area contributed by atoms with Crippen LogP contribution < -0.4 is 0 Å². The summed E-state index contributed by atoms with van der Waals surface area (Å²) in [4.78, 5) is 11.2. The fraction of sp³-hybridized carbons (Fsp3) is 0.583. The molecule has 1 fully saturated rings. The van der Waals surface area contributed by atoms with E-state index >= 15 is 0 Å². The fourth-order valence-electron chi connectivity index (χ4n) is 2.20. The standard InChI is InChI=1S/C12H17NO4S3/c1-8-6-13(7-9(2)18-8)20(16,17)12-4-3-10(19-12)5-11(14)15/h3-4,8-9H,5-7H2,1-2H3,(H,14,15). The maximum Gasteiger partial charge on any atom is 0.308 e. The maximum atomic E-state index is 12.6. The first kappa shape index (κ1) is 15.8. The summed E-state index contributed by atoms with van der Waals surface area (Å²) in [5.74, 6) is -0.951. The van der Waals surface area contributed by atoms with Crippen LogP contribution >= 0.6 is 23.1 Å². The second-order valence-corrected chi connectivity index (χ2v) is 10.1. The molecule has 1 aromatic heterocycles. The lowest BCUT2D eigenvalue weighted by Crippen LogP contribution is -2.43. The number of carboxylic acids is 1. The van der Waals surface area contributed by atoms with Crippen molar-refractivity contribution in [2.45, 2.75) is 35.0 Å². The molecule has 1 aliphatic heterocycles. The van der Waals surface area contributed by atoms with Crippen molar-refractivity contribution in [1.29, 1.82) is 0 Å². The molecule has 0 bridgehead atoms. The van der Waals surface area contributed by atoms with E-state index in [0.717, 1.165) is 11.3 Å². The first-order chi connectivity index (χ1) is 9.29. The number of sulfonamides is 1. The number of carboxylic acid groups (broad SMARTS) is 1. The summed E-state index contributed by atoms with van der Waals surface area (Å²) in [7, 11) is -3.50. The van der Waals surface area contributed by atoms with Gasteiger partial charge in [0.2, 0.25) is 0 Å². The lowest BCUT2D eigenvalue weighted by Gasteiger charge is -2.33. The van der Waals surface area contributed by atoms with Crippen LogP contribution in [-0.2, 0) is 21.2 Å². The molecule has 20 heavy (non-hydrogen) atoms. The quantitative estimate of drug-likeness (QED) is 0.909. The normalized spacial score (nSPS) is 24.7. The summed E-state index contributed by atoms with van der Waals surface area (Å²) in [6.07, 6.45) is -0.136. The summed E-state index contributed by atoms with van der Waals surface area (Å²) >= 11 is 2.84. The van der Waals surface area contributed by atoms with Gasteiger partial charge in [-0.3, -0.25) is 4.79 Å². The van der Waals surface area contributed by atoms with Crippen LogP contribution in [0.5, 0.6) is 0 Å². The first-order valence-electron chi connectivity index (χ1n) is 6.25. The predicted molar refractivity (Wildman–Crippen MR) is 80.9 cm³/mol. The van der Waals surface area contributed by atoms with Crippen LogP contribution in [0.2, 0.25) is 0 Å². The Bertz CT molecular complexity index is 586. The first-order valence-corrected chi connectivity index (χ1v) is 9.45. The van der Waals surface area contributed by atoms with Gasteiger partial charge < -0.3 is 5.11 Å². The van der Waals surface area contributed by atoms with Crippen LogP contribution in [-0.4, -0.2) is 47.4 Å². The minimum Gasteiger partial charge on any atom is -0.481 e. The average Bonchev–Trinajstić information content (AvgIpc) is 2.75. The highest BCUT2D eigenvalue weighted by Crippen LogP contribution is 2.31. The Morgan fingerprint density at radius 1 is 1.35 bits per heavy atom. The molecule has 2 atom stereocenters. The van der Waals surface area contributed by atoms with Gasteiger partial charge in [-0.15, -0.1) is 11.3 Å². The Hall–Kier alpha value is -0.570. The van der Waals surface area contributed by atoms with Crippen molar-refractivity contribution < 1.29 is 18.3 Å². The zero-order valence-corrected chi connectivity index (χ0v) is 13.7. The van der Waals surface area contributed by atoms with Crippen molar-refractivity contribution in [3.8, 4) is 0 Å². The van der Waals surface area contributed by atoms with E-state index in [1.165, 1.54) is 10.4 Å². The molecule has 8 heteroatoms. The maximum absolute atomic E-state index is 12.6. The molecule has 5 nitrogen and oxygen atoms in total. The van der Waals surface area contributed by atoms with Gasteiger partial charge in [-0.25, -0.2) is 8.42 Å². The number of thioether (sulfide) groups is 1.